The fourth-order valence-corrected chi connectivity index (χ4v) is 2.06. The molecule has 3 atom stereocenters. The lowest BCUT2D eigenvalue weighted by atomic mass is 10.1. The van der Waals surface area contributed by atoms with E-state index in [1.54, 1.807) is 13.8 Å². The van der Waals surface area contributed by atoms with Crippen LogP contribution in [0.2, 0.25) is 0 Å². The molecule has 0 aliphatic heterocycles. The molecule has 0 saturated heterocycles. The topological polar surface area (TPSA) is 179 Å². The zero-order chi connectivity index (χ0) is 20.6. The maximum atomic E-state index is 12.1. The van der Waals surface area contributed by atoms with Gasteiger partial charge in [-0.25, -0.2) is 9.78 Å². The number of amides is 3. The fourth-order valence-electron chi connectivity index (χ4n) is 2.06. The van der Waals surface area contributed by atoms with E-state index in [0.29, 0.717) is 5.69 Å². The Balaban J connectivity index is 2.48. The number of nitrogens with zero attached hydrogens (tertiary/aromatic N) is 1. The molecular weight excluding hydrogens is 356 g/mol. The van der Waals surface area contributed by atoms with Crippen molar-refractivity contribution >= 4 is 23.7 Å². The van der Waals surface area contributed by atoms with E-state index in [-0.39, 0.29) is 18.9 Å². The van der Waals surface area contributed by atoms with Crippen molar-refractivity contribution < 1.29 is 24.3 Å². The summed E-state index contributed by atoms with van der Waals surface area (Å²) in [4.78, 5) is 53.5. The summed E-state index contributed by atoms with van der Waals surface area (Å²) < 4.78 is 0. The summed E-state index contributed by atoms with van der Waals surface area (Å²) in [6.07, 6.45) is 2.88. The number of hydrogen-bond donors (Lipinski definition) is 6. The van der Waals surface area contributed by atoms with Gasteiger partial charge in [-0.05, 0) is 12.8 Å². The second-order valence-electron chi connectivity index (χ2n) is 6.46. The smallest absolute Gasteiger partial charge is 0.326 e. The van der Waals surface area contributed by atoms with Gasteiger partial charge in [0.1, 0.15) is 12.1 Å². The van der Waals surface area contributed by atoms with Crippen molar-refractivity contribution in [3.63, 3.8) is 0 Å². The molecule has 0 fully saturated rings. The molecule has 0 spiro atoms. The molecule has 11 heteroatoms. The first kappa shape index (κ1) is 22.1. The SMILES string of the molecule is CC(NC(=O)CNC(=O)C(N)C(C)C)C(=O)NC(Cc1cnc[nH]1)C(=O)O. The number of rotatable bonds is 10. The number of H-pyrrole nitrogens is 1. The number of aromatic nitrogens is 2. The number of aromatic amines is 1. The maximum Gasteiger partial charge on any atom is 0.326 e. The van der Waals surface area contributed by atoms with E-state index in [4.69, 9.17) is 5.73 Å². The third-order valence-electron chi connectivity index (χ3n) is 3.81. The fraction of sp³-hybridized carbons (Fsp3) is 0.562. The number of aliphatic carboxylic acids is 1. The van der Waals surface area contributed by atoms with Gasteiger partial charge in [0.2, 0.25) is 17.7 Å². The van der Waals surface area contributed by atoms with Gasteiger partial charge in [0.25, 0.3) is 0 Å². The van der Waals surface area contributed by atoms with E-state index < -0.39 is 41.8 Å². The van der Waals surface area contributed by atoms with Crippen molar-refractivity contribution in [2.45, 2.75) is 45.3 Å². The van der Waals surface area contributed by atoms with Crippen LogP contribution in [0.3, 0.4) is 0 Å². The van der Waals surface area contributed by atoms with Crippen LogP contribution in [-0.2, 0) is 25.6 Å². The number of nitrogens with two attached hydrogens (primary N) is 1. The number of carboxylic acid groups (broad SMARTS) is 1. The molecule has 11 nitrogen and oxygen atoms in total. The molecule has 1 aromatic rings. The minimum atomic E-state index is -1.22. The molecule has 0 saturated carbocycles. The zero-order valence-corrected chi connectivity index (χ0v) is 15.5. The van der Waals surface area contributed by atoms with Crippen molar-refractivity contribution in [2.75, 3.05) is 6.54 Å². The minimum Gasteiger partial charge on any atom is -0.480 e. The third-order valence-corrected chi connectivity index (χ3v) is 3.81. The van der Waals surface area contributed by atoms with Crippen LogP contribution in [0.1, 0.15) is 26.5 Å². The Hall–Kier alpha value is -2.95. The van der Waals surface area contributed by atoms with Crippen LogP contribution in [0.5, 0.6) is 0 Å². The second-order valence-corrected chi connectivity index (χ2v) is 6.46. The number of nitrogens with one attached hydrogen (secondary N) is 4. The van der Waals surface area contributed by atoms with Gasteiger partial charge in [-0.1, -0.05) is 13.8 Å². The first-order valence-corrected chi connectivity index (χ1v) is 8.44. The summed E-state index contributed by atoms with van der Waals surface area (Å²) in [6.45, 7) is 4.62. The van der Waals surface area contributed by atoms with Crippen molar-refractivity contribution in [1.82, 2.24) is 25.9 Å². The summed E-state index contributed by atoms with van der Waals surface area (Å²) in [5.41, 5.74) is 6.21. The molecule has 0 aromatic carbocycles. The Morgan fingerprint density at radius 2 is 1.85 bits per heavy atom. The Morgan fingerprint density at radius 3 is 2.37 bits per heavy atom. The van der Waals surface area contributed by atoms with Gasteiger partial charge < -0.3 is 31.8 Å². The largest absolute Gasteiger partial charge is 0.480 e. The number of imidazole rings is 1. The van der Waals surface area contributed by atoms with Crippen LogP contribution in [0.15, 0.2) is 12.5 Å². The highest BCUT2D eigenvalue weighted by atomic mass is 16.4. The van der Waals surface area contributed by atoms with E-state index >= 15 is 0 Å². The Bertz CT molecular complexity index is 660. The summed E-state index contributed by atoms with van der Waals surface area (Å²) >= 11 is 0. The van der Waals surface area contributed by atoms with Crippen molar-refractivity contribution in [3.05, 3.63) is 18.2 Å². The lowest BCUT2D eigenvalue weighted by Gasteiger charge is -2.19. The predicted octanol–water partition coefficient (Wildman–Crippen LogP) is -1.87. The van der Waals surface area contributed by atoms with Crippen molar-refractivity contribution in [3.8, 4) is 0 Å². The maximum absolute atomic E-state index is 12.1. The van der Waals surface area contributed by atoms with Gasteiger partial charge >= 0.3 is 5.97 Å². The number of carboxylic acids is 1. The molecule has 1 aromatic heterocycles. The molecule has 1 heterocycles. The van der Waals surface area contributed by atoms with Gasteiger partial charge in [0, 0.05) is 18.3 Å². The normalized spacial score (nSPS) is 14.1. The van der Waals surface area contributed by atoms with E-state index in [0.717, 1.165) is 0 Å². The average molecular weight is 382 g/mol. The summed E-state index contributed by atoms with van der Waals surface area (Å²) in [5, 5.41) is 16.4. The predicted molar refractivity (Wildman–Crippen MR) is 95.3 cm³/mol. The first-order valence-electron chi connectivity index (χ1n) is 8.44. The monoisotopic (exact) mass is 382 g/mol. The molecule has 0 radical (unpaired) electrons. The van der Waals surface area contributed by atoms with Gasteiger partial charge in [0.15, 0.2) is 0 Å². The van der Waals surface area contributed by atoms with E-state index in [1.165, 1.54) is 19.4 Å². The van der Waals surface area contributed by atoms with Gasteiger partial charge in [-0.3, -0.25) is 14.4 Å². The van der Waals surface area contributed by atoms with E-state index in [1.807, 2.05) is 0 Å². The second kappa shape index (κ2) is 10.3. The van der Waals surface area contributed by atoms with Crippen LogP contribution in [0, 0.1) is 5.92 Å². The van der Waals surface area contributed by atoms with Crippen LogP contribution < -0.4 is 21.7 Å². The highest BCUT2D eigenvalue weighted by Gasteiger charge is 2.25. The summed E-state index contributed by atoms with van der Waals surface area (Å²) in [5.74, 6) is -3.03. The highest BCUT2D eigenvalue weighted by molar-refractivity contribution is 5.92. The molecule has 1 rings (SSSR count). The molecule has 0 bridgehead atoms. The Labute approximate surface area is 156 Å². The average Bonchev–Trinajstić information content (AvgIpc) is 3.11. The summed E-state index contributed by atoms with van der Waals surface area (Å²) in [7, 11) is 0. The van der Waals surface area contributed by atoms with Gasteiger partial charge in [0.05, 0.1) is 18.9 Å². The molecule has 0 aliphatic rings. The van der Waals surface area contributed by atoms with Crippen molar-refractivity contribution in [2.24, 2.45) is 11.7 Å². The number of carbonyl (C=O) groups is 4. The van der Waals surface area contributed by atoms with E-state index in [9.17, 15) is 24.3 Å². The first-order chi connectivity index (χ1) is 12.6. The number of hydrogen-bond acceptors (Lipinski definition) is 6. The number of carbonyl (C=O) groups excluding carboxylic acids is 3. The van der Waals surface area contributed by atoms with Crippen LogP contribution in [0.4, 0.5) is 0 Å². The highest BCUT2D eigenvalue weighted by Crippen LogP contribution is 2.00. The van der Waals surface area contributed by atoms with Gasteiger partial charge in [-0.15, -0.1) is 0 Å². The lowest BCUT2D eigenvalue weighted by molar-refractivity contribution is -0.142. The van der Waals surface area contributed by atoms with Crippen LogP contribution in [-0.4, -0.2) is 63.4 Å². The third kappa shape index (κ3) is 7.44. The molecule has 27 heavy (non-hydrogen) atoms. The minimum absolute atomic E-state index is 0.0187. The van der Waals surface area contributed by atoms with Crippen LogP contribution >= 0.6 is 0 Å². The van der Waals surface area contributed by atoms with Crippen LogP contribution in [0.25, 0.3) is 0 Å². The Kier molecular flexibility index (Phi) is 8.39. The molecular formula is C16H26N6O5. The molecule has 0 aliphatic carbocycles. The quantitative estimate of drug-likeness (QED) is 0.274. The Morgan fingerprint density at radius 1 is 1.19 bits per heavy atom. The molecule has 150 valence electrons. The molecule has 3 amide bonds. The lowest BCUT2D eigenvalue weighted by Crippen LogP contribution is -2.53. The van der Waals surface area contributed by atoms with E-state index in [2.05, 4.69) is 25.9 Å². The van der Waals surface area contributed by atoms with Crippen molar-refractivity contribution in [1.29, 1.82) is 0 Å². The molecule has 3 unspecified atom stereocenters. The van der Waals surface area contributed by atoms with Gasteiger partial charge in [-0.2, -0.15) is 0 Å². The standard InChI is InChI=1S/C16H26N6O5/c1-8(2)13(17)15(25)19-6-12(23)21-9(3)14(24)22-11(16(26)27)4-10-5-18-7-20-10/h5,7-9,11,13H,4,6,17H2,1-3H3,(H,18,20)(H,19,25)(H,21,23)(H,22,24)(H,26,27). The molecule has 7 N–H and O–H groups in total. The summed E-state index contributed by atoms with van der Waals surface area (Å²) in [6, 6.07) is -2.91. The zero-order valence-electron chi connectivity index (χ0n) is 15.5.